The highest BCUT2D eigenvalue weighted by Crippen LogP contribution is 2.25. The van der Waals surface area contributed by atoms with E-state index in [0.717, 1.165) is 38.6 Å². The van der Waals surface area contributed by atoms with Crippen LogP contribution in [0, 0.1) is 5.92 Å². The zero-order valence-electron chi connectivity index (χ0n) is 11.6. The summed E-state index contributed by atoms with van der Waals surface area (Å²) in [4.78, 5) is 6.82. The number of nitrogens with two attached hydrogens (primary N) is 1. The van der Waals surface area contributed by atoms with Crippen molar-refractivity contribution in [1.29, 1.82) is 0 Å². The Kier molecular flexibility index (Phi) is 6.34. The van der Waals surface area contributed by atoms with Gasteiger partial charge >= 0.3 is 0 Å². The van der Waals surface area contributed by atoms with Crippen LogP contribution in [0.2, 0.25) is 0 Å². The molecule has 4 nitrogen and oxygen atoms in total. The van der Waals surface area contributed by atoms with Crippen LogP contribution in [0.5, 0.6) is 0 Å². The predicted octanol–water partition coefficient (Wildman–Crippen LogP) is 1.42. The van der Waals surface area contributed by atoms with Crippen molar-refractivity contribution in [1.82, 2.24) is 10.2 Å². The average Bonchev–Trinajstić information content (AvgIpc) is 3.08. The maximum Gasteiger partial charge on any atom is 0.188 e. The molecule has 0 aromatic heterocycles. The van der Waals surface area contributed by atoms with Gasteiger partial charge in [-0.2, -0.15) is 0 Å². The minimum atomic E-state index is 0.595. The van der Waals surface area contributed by atoms with Gasteiger partial charge in [0.1, 0.15) is 0 Å². The minimum Gasteiger partial charge on any atom is -0.370 e. The van der Waals surface area contributed by atoms with Crippen molar-refractivity contribution in [3.63, 3.8) is 0 Å². The highest BCUT2D eigenvalue weighted by Gasteiger charge is 2.26. The van der Waals surface area contributed by atoms with Gasteiger partial charge in [0.2, 0.25) is 0 Å². The number of nitrogens with one attached hydrogen (secondary N) is 1. The van der Waals surface area contributed by atoms with E-state index in [-0.39, 0.29) is 0 Å². The number of nitrogens with zero attached hydrogens (tertiary/aromatic N) is 2. The van der Waals surface area contributed by atoms with E-state index in [1.807, 2.05) is 0 Å². The molecule has 0 amide bonds. The van der Waals surface area contributed by atoms with Crippen LogP contribution in [-0.4, -0.2) is 43.1 Å². The second-order valence-electron chi connectivity index (χ2n) is 5.24. The van der Waals surface area contributed by atoms with Crippen molar-refractivity contribution >= 4 is 5.96 Å². The largest absolute Gasteiger partial charge is 0.370 e. The monoisotopic (exact) mass is 240 g/mol. The Morgan fingerprint density at radius 3 is 2.71 bits per heavy atom. The number of likely N-dealkylation sites (N-methyl/N-ethyl adjacent to an activating group) is 1. The van der Waals surface area contributed by atoms with E-state index in [4.69, 9.17) is 5.73 Å². The summed E-state index contributed by atoms with van der Waals surface area (Å²) in [6, 6.07) is 0.834. The fraction of sp³-hybridized carbons (Fsp3) is 0.923. The second-order valence-corrected chi connectivity index (χ2v) is 5.24. The van der Waals surface area contributed by atoms with Crippen molar-refractivity contribution in [3.8, 4) is 0 Å². The summed E-state index contributed by atoms with van der Waals surface area (Å²) in [7, 11) is 0. The third-order valence-electron chi connectivity index (χ3n) is 3.16. The van der Waals surface area contributed by atoms with E-state index < -0.39 is 0 Å². The molecule has 1 rings (SSSR count). The molecule has 0 bridgehead atoms. The Morgan fingerprint density at radius 2 is 2.18 bits per heavy atom. The third-order valence-corrected chi connectivity index (χ3v) is 3.16. The van der Waals surface area contributed by atoms with E-state index in [1.165, 1.54) is 12.8 Å². The van der Waals surface area contributed by atoms with Crippen LogP contribution in [0.1, 0.15) is 40.0 Å². The number of hydrogen-bond donors (Lipinski definition) is 2. The first kappa shape index (κ1) is 14.3. The zero-order valence-corrected chi connectivity index (χ0v) is 11.6. The highest BCUT2D eigenvalue weighted by molar-refractivity contribution is 5.77. The van der Waals surface area contributed by atoms with E-state index >= 15 is 0 Å². The predicted molar refractivity (Wildman–Crippen MR) is 74.2 cm³/mol. The second kappa shape index (κ2) is 7.54. The summed E-state index contributed by atoms with van der Waals surface area (Å²) >= 11 is 0. The van der Waals surface area contributed by atoms with Crippen LogP contribution in [0.25, 0.3) is 0 Å². The van der Waals surface area contributed by atoms with Gasteiger partial charge in [-0.25, -0.2) is 0 Å². The maximum atomic E-state index is 5.80. The quantitative estimate of drug-likeness (QED) is 0.498. The smallest absolute Gasteiger partial charge is 0.188 e. The van der Waals surface area contributed by atoms with Crippen LogP contribution in [0.15, 0.2) is 4.99 Å². The van der Waals surface area contributed by atoms with Crippen molar-refractivity contribution < 1.29 is 0 Å². The van der Waals surface area contributed by atoms with E-state index in [0.29, 0.717) is 11.9 Å². The van der Waals surface area contributed by atoms with Gasteiger partial charge < -0.3 is 11.1 Å². The van der Waals surface area contributed by atoms with Gasteiger partial charge in [-0.15, -0.1) is 0 Å². The number of rotatable bonds is 8. The fourth-order valence-electron chi connectivity index (χ4n) is 1.87. The first-order valence-electron chi connectivity index (χ1n) is 6.91. The summed E-state index contributed by atoms with van der Waals surface area (Å²) in [5, 5.41) is 3.19. The summed E-state index contributed by atoms with van der Waals surface area (Å²) in [5.74, 6) is 1.29. The molecule has 3 N–H and O–H groups in total. The maximum absolute atomic E-state index is 5.80. The Bertz CT molecular complexity index is 234. The molecule has 0 heterocycles. The number of aliphatic imine (C=N–C) groups is 1. The topological polar surface area (TPSA) is 53.6 Å². The summed E-state index contributed by atoms with van der Waals surface area (Å²) < 4.78 is 0. The van der Waals surface area contributed by atoms with Crippen molar-refractivity contribution in [3.05, 3.63) is 0 Å². The molecule has 0 radical (unpaired) electrons. The number of hydrogen-bond acceptors (Lipinski definition) is 2. The lowest BCUT2D eigenvalue weighted by Crippen LogP contribution is -2.39. The lowest BCUT2D eigenvalue weighted by Gasteiger charge is -2.19. The van der Waals surface area contributed by atoms with Crippen LogP contribution < -0.4 is 11.1 Å². The molecule has 0 aliphatic heterocycles. The molecule has 100 valence electrons. The minimum absolute atomic E-state index is 0.595. The van der Waals surface area contributed by atoms with Gasteiger partial charge in [0, 0.05) is 25.7 Å². The lowest BCUT2D eigenvalue weighted by atomic mass is 10.1. The molecule has 0 aromatic rings. The van der Waals surface area contributed by atoms with Crippen LogP contribution in [0.4, 0.5) is 0 Å². The van der Waals surface area contributed by atoms with Gasteiger partial charge in [0.15, 0.2) is 5.96 Å². The molecule has 1 aliphatic rings. The SMILES string of the molecule is CCN(CCNC(N)=NCCC(C)C)C1CC1. The van der Waals surface area contributed by atoms with Gasteiger partial charge in [-0.1, -0.05) is 20.8 Å². The molecule has 0 spiro atoms. The Labute approximate surface area is 106 Å². The van der Waals surface area contributed by atoms with E-state index in [2.05, 4.69) is 36.0 Å². The zero-order chi connectivity index (χ0) is 12.7. The highest BCUT2D eigenvalue weighted by atomic mass is 15.2. The average molecular weight is 240 g/mol. The van der Waals surface area contributed by atoms with E-state index in [1.54, 1.807) is 0 Å². The first-order valence-corrected chi connectivity index (χ1v) is 6.91. The molecular formula is C13H28N4. The third kappa shape index (κ3) is 6.51. The van der Waals surface area contributed by atoms with Crippen molar-refractivity contribution in [2.24, 2.45) is 16.6 Å². The van der Waals surface area contributed by atoms with Gasteiger partial charge in [0.05, 0.1) is 0 Å². The first-order chi connectivity index (χ1) is 8.13. The van der Waals surface area contributed by atoms with Crippen LogP contribution in [0.3, 0.4) is 0 Å². The van der Waals surface area contributed by atoms with Crippen molar-refractivity contribution in [2.75, 3.05) is 26.2 Å². The fourth-order valence-corrected chi connectivity index (χ4v) is 1.87. The van der Waals surface area contributed by atoms with Crippen molar-refractivity contribution in [2.45, 2.75) is 46.1 Å². The molecular weight excluding hydrogens is 212 g/mol. The summed E-state index contributed by atoms with van der Waals surface area (Å²) in [5.41, 5.74) is 5.80. The van der Waals surface area contributed by atoms with Crippen LogP contribution in [-0.2, 0) is 0 Å². The van der Waals surface area contributed by atoms with Gasteiger partial charge in [0.25, 0.3) is 0 Å². The number of guanidine groups is 1. The Hall–Kier alpha value is -0.770. The lowest BCUT2D eigenvalue weighted by molar-refractivity contribution is 0.282. The van der Waals surface area contributed by atoms with Gasteiger partial charge in [-0.3, -0.25) is 9.89 Å². The molecule has 17 heavy (non-hydrogen) atoms. The van der Waals surface area contributed by atoms with Gasteiger partial charge in [-0.05, 0) is 31.7 Å². The van der Waals surface area contributed by atoms with Crippen LogP contribution >= 0.6 is 0 Å². The summed E-state index contributed by atoms with van der Waals surface area (Å²) in [6.45, 7) is 10.6. The molecule has 1 saturated carbocycles. The molecule has 0 atom stereocenters. The standard InChI is InChI=1S/C13H28N4/c1-4-17(12-5-6-12)10-9-16-13(14)15-8-7-11(2)3/h11-12H,4-10H2,1-3H3,(H3,14,15,16). The molecule has 1 aliphatic carbocycles. The van der Waals surface area contributed by atoms with E-state index in [9.17, 15) is 0 Å². The molecule has 0 aromatic carbocycles. The Balaban J connectivity index is 2.07. The molecule has 0 saturated heterocycles. The molecule has 0 unspecified atom stereocenters. The Morgan fingerprint density at radius 1 is 1.47 bits per heavy atom. The normalized spacial score (nSPS) is 16.9. The summed E-state index contributed by atoms with van der Waals surface area (Å²) in [6.07, 6.45) is 3.84. The molecule has 4 heteroatoms. The molecule has 1 fully saturated rings.